The fraction of sp³-hybridized carbons (Fsp3) is 0.471. The first kappa shape index (κ1) is 18.7. The predicted molar refractivity (Wildman–Crippen MR) is 86.9 cm³/mol. The molecular formula is C17H24N2O4. The number of hydrogen-bond acceptors (Lipinski definition) is 4. The number of urea groups is 1. The number of hydrogen-bond donors (Lipinski definition) is 2. The molecule has 3 amide bonds. The minimum absolute atomic E-state index is 0.0343. The highest BCUT2D eigenvalue weighted by atomic mass is 16.5. The second kappa shape index (κ2) is 9.61. The van der Waals surface area contributed by atoms with E-state index in [9.17, 15) is 14.4 Å². The second-order valence-corrected chi connectivity index (χ2v) is 5.31. The summed E-state index contributed by atoms with van der Waals surface area (Å²) in [5, 5.41) is 4.73. The smallest absolute Gasteiger partial charge is 0.321 e. The van der Waals surface area contributed by atoms with Crippen LogP contribution in [0.1, 0.15) is 45.1 Å². The van der Waals surface area contributed by atoms with Crippen molar-refractivity contribution in [1.82, 2.24) is 10.6 Å². The molecule has 0 aromatic heterocycles. The highest BCUT2D eigenvalue weighted by Gasteiger charge is 2.21. The van der Waals surface area contributed by atoms with Crippen LogP contribution in [0, 0.1) is 0 Å². The van der Waals surface area contributed by atoms with Crippen molar-refractivity contribution < 1.29 is 19.1 Å². The van der Waals surface area contributed by atoms with Crippen molar-refractivity contribution in [2.75, 3.05) is 6.61 Å². The van der Waals surface area contributed by atoms with Gasteiger partial charge in [-0.15, -0.1) is 0 Å². The van der Waals surface area contributed by atoms with Crippen LogP contribution in [0.4, 0.5) is 4.79 Å². The number of imide groups is 1. The lowest BCUT2D eigenvalue weighted by Crippen LogP contribution is -2.44. The zero-order valence-corrected chi connectivity index (χ0v) is 13.8. The fourth-order valence-corrected chi connectivity index (χ4v) is 1.99. The fourth-order valence-electron chi connectivity index (χ4n) is 1.99. The van der Waals surface area contributed by atoms with Gasteiger partial charge in [0.1, 0.15) is 0 Å². The molecule has 6 nitrogen and oxygen atoms in total. The number of carbonyl (C=O) groups is 3. The van der Waals surface area contributed by atoms with Crippen LogP contribution in [-0.4, -0.2) is 30.6 Å². The van der Waals surface area contributed by atoms with Crippen LogP contribution in [-0.2, 0) is 14.3 Å². The topological polar surface area (TPSA) is 84.5 Å². The monoisotopic (exact) mass is 320 g/mol. The molecule has 2 N–H and O–H groups in total. The molecule has 6 heteroatoms. The first-order chi connectivity index (χ1) is 11.0. The van der Waals surface area contributed by atoms with Gasteiger partial charge in [-0.1, -0.05) is 44.2 Å². The molecule has 0 heterocycles. The normalized spacial score (nSPS) is 12.8. The number of amides is 3. The van der Waals surface area contributed by atoms with Crippen LogP contribution in [0.5, 0.6) is 0 Å². The van der Waals surface area contributed by atoms with Crippen molar-refractivity contribution >= 4 is 17.9 Å². The van der Waals surface area contributed by atoms with E-state index in [1.807, 2.05) is 51.1 Å². The summed E-state index contributed by atoms with van der Waals surface area (Å²) in [5.41, 5.74) is 0.843. The zero-order chi connectivity index (χ0) is 17.2. The van der Waals surface area contributed by atoms with E-state index in [1.165, 1.54) is 0 Å². The number of benzene rings is 1. The van der Waals surface area contributed by atoms with E-state index < -0.39 is 30.4 Å². The molecular weight excluding hydrogens is 296 g/mol. The van der Waals surface area contributed by atoms with Crippen molar-refractivity contribution in [2.24, 2.45) is 0 Å². The van der Waals surface area contributed by atoms with Gasteiger partial charge in [-0.25, -0.2) is 4.79 Å². The summed E-state index contributed by atoms with van der Waals surface area (Å²) >= 11 is 0. The molecule has 0 aliphatic carbocycles. The molecule has 23 heavy (non-hydrogen) atoms. The molecule has 1 aromatic carbocycles. The quantitative estimate of drug-likeness (QED) is 0.755. The van der Waals surface area contributed by atoms with Crippen molar-refractivity contribution in [3.05, 3.63) is 35.9 Å². The molecule has 0 unspecified atom stereocenters. The van der Waals surface area contributed by atoms with Crippen LogP contribution in [0.25, 0.3) is 0 Å². The van der Waals surface area contributed by atoms with E-state index in [4.69, 9.17) is 4.74 Å². The number of ether oxygens (including phenoxy) is 1. The first-order valence-corrected chi connectivity index (χ1v) is 7.79. The van der Waals surface area contributed by atoms with E-state index in [-0.39, 0.29) is 6.04 Å². The number of esters is 1. The maximum atomic E-state index is 12.1. The third kappa shape index (κ3) is 6.50. The van der Waals surface area contributed by atoms with Crippen molar-refractivity contribution in [1.29, 1.82) is 0 Å². The molecule has 0 fully saturated rings. The third-order valence-electron chi connectivity index (χ3n) is 3.48. The summed E-state index contributed by atoms with van der Waals surface area (Å²) in [6, 6.07) is 8.62. The summed E-state index contributed by atoms with van der Waals surface area (Å²) in [5.74, 6) is -1.55. The lowest BCUT2D eigenvalue weighted by molar-refractivity contribution is -0.149. The maximum Gasteiger partial charge on any atom is 0.321 e. The second-order valence-electron chi connectivity index (χ2n) is 5.31. The van der Waals surface area contributed by atoms with Gasteiger partial charge in [0.05, 0.1) is 5.92 Å². The molecule has 1 rings (SSSR count). The standard InChI is InChI=1S/C17H24N2O4/c1-4-12(3)18-17(22)19-15(20)11-23-16(21)14(5-2)13-9-7-6-8-10-13/h6-10,12,14H,4-5,11H2,1-3H3,(H2,18,19,20,22)/t12-,14-/m1/s1. The molecule has 0 saturated carbocycles. The zero-order valence-electron chi connectivity index (χ0n) is 13.8. The average molecular weight is 320 g/mol. The SMILES string of the molecule is CC[C@@H](C)NC(=O)NC(=O)COC(=O)[C@H](CC)c1ccccc1. The van der Waals surface area contributed by atoms with Gasteiger partial charge in [-0.3, -0.25) is 14.9 Å². The van der Waals surface area contributed by atoms with Gasteiger partial charge in [0.25, 0.3) is 5.91 Å². The predicted octanol–water partition coefficient (Wildman–Crippen LogP) is 2.35. The van der Waals surface area contributed by atoms with Crippen LogP contribution in [0.2, 0.25) is 0 Å². The molecule has 0 aliphatic heterocycles. The minimum atomic E-state index is -0.651. The van der Waals surface area contributed by atoms with Gasteiger partial charge in [-0.2, -0.15) is 0 Å². The molecule has 0 aliphatic rings. The largest absolute Gasteiger partial charge is 0.455 e. The van der Waals surface area contributed by atoms with Gasteiger partial charge in [0.2, 0.25) is 0 Å². The Morgan fingerprint density at radius 1 is 1.09 bits per heavy atom. The summed E-state index contributed by atoms with van der Waals surface area (Å²) in [6.07, 6.45) is 1.32. The average Bonchev–Trinajstić information content (AvgIpc) is 2.54. The summed E-state index contributed by atoms with van der Waals surface area (Å²) < 4.78 is 5.01. The minimum Gasteiger partial charge on any atom is -0.455 e. The summed E-state index contributed by atoms with van der Waals surface area (Å²) in [7, 11) is 0. The van der Waals surface area contributed by atoms with Crippen LogP contribution >= 0.6 is 0 Å². The Morgan fingerprint density at radius 2 is 1.74 bits per heavy atom. The molecule has 0 bridgehead atoms. The first-order valence-electron chi connectivity index (χ1n) is 7.79. The lowest BCUT2D eigenvalue weighted by atomic mass is 9.97. The third-order valence-corrected chi connectivity index (χ3v) is 3.48. The number of carbonyl (C=O) groups excluding carboxylic acids is 3. The van der Waals surface area contributed by atoms with Gasteiger partial charge in [0, 0.05) is 6.04 Å². The Morgan fingerprint density at radius 3 is 2.30 bits per heavy atom. The Bertz CT molecular complexity index is 531. The summed E-state index contributed by atoms with van der Waals surface area (Å²) in [4.78, 5) is 35.2. The Balaban J connectivity index is 2.45. The van der Waals surface area contributed by atoms with Gasteiger partial charge in [0.15, 0.2) is 6.61 Å². The van der Waals surface area contributed by atoms with Crippen LogP contribution in [0.3, 0.4) is 0 Å². The van der Waals surface area contributed by atoms with E-state index >= 15 is 0 Å². The Labute approximate surface area is 136 Å². The molecule has 0 spiro atoms. The van der Waals surface area contributed by atoms with Crippen molar-refractivity contribution in [3.63, 3.8) is 0 Å². The van der Waals surface area contributed by atoms with Crippen molar-refractivity contribution in [3.8, 4) is 0 Å². The maximum absolute atomic E-state index is 12.1. The van der Waals surface area contributed by atoms with Gasteiger partial charge in [-0.05, 0) is 25.3 Å². The van der Waals surface area contributed by atoms with E-state index in [0.717, 1.165) is 12.0 Å². The van der Waals surface area contributed by atoms with Gasteiger partial charge >= 0.3 is 12.0 Å². The number of rotatable bonds is 7. The molecule has 0 saturated heterocycles. The van der Waals surface area contributed by atoms with Gasteiger partial charge < -0.3 is 10.1 Å². The number of nitrogens with one attached hydrogen (secondary N) is 2. The molecule has 126 valence electrons. The molecule has 2 atom stereocenters. The van der Waals surface area contributed by atoms with Crippen molar-refractivity contribution in [2.45, 2.75) is 45.6 Å². The Kier molecular flexibility index (Phi) is 7.80. The molecule has 0 radical (unpaired) electrons. The van der Waals surface area contributed by atoms with E-state index in [2.05, 4.69) is 10.6 Å². The van der Waals surface area contributed by atoms with Crippen LogP contribution in [0.15, 0.2) is 30.3 Å². The summed E-state index contributed by atoms with van der Waals surface area (Å²) in [6.45, 7) is 5.15. The lowest BCUT2D eigenvalue weighted by Gasteiger charge is -2.15. The van der Waals surface area contributed by atoms with E-state index in [1.54, 1.807) is 0 Å². The highest BCUT2D eigenvalue weighted by Crippen LogP contribution is 2.20. The molecule has 1 aromatic rings. The van der Waals surface area contributed by atoms with Crippen LogP contribution < -0.4 is 10.6 Å². The Hall–Kier alpha value is -2.37. The highest BCUT2D eigenvalue weighted by molar-refractivity contribution is 5.95. The van der Waals surface area contributed by atoms with E-state index in [0.29, 0.717) is 6.42 Å².